The molecule has 0 atom stereocenters. The third-order valence-electron chi connectivity index (χ3n) is 3.56. The zero-order chi connectivity index (χ0) is 17.2. The molecule has 4 rings (SSSR count). The van der Waals surface area contributed by atoms with E-state index in [1.165, 1.54) is 6.07 Å². The van der Waals surface area contributed by atoms with E-state index in [2.05, 4.69) is 15.2 Å². The molecule has 0 radical (unpaired) electrons. The van der Waals surface area contributed by atoms with Crippen LogP contribution < -0.4 is 5.43 Å². The second-order valence-corrected chi connectivity index (χ2v) is 5.68. The quantitative estimate of drug-likeness (QED) is 0.564. The molecule has 0 aliphatic heterocycles. The smallest absolute Gasteiger partial charge is 0.282 e. The molecule has 0 unspecified atom stereocenters. The van der Waals surface area contributed by atoms with Crippen molar-refractivity contribution < 1.29 is 4.52 Å². The number of halogens is 1. The van der Waals surface area contributed by atoms with Gasteiger partial charge in [0.1, 0.15) is 0 Å². The first-order valence-corrected chi connectivity index (χ1v) is 7.84. The molecule has 0 aliphatic carbocycles. The molecule has 122 valence electrons. The molecule has 0 N–H and O–H groups in total. The maximum Gasteiger partial charge on any atom is 0.282 e. The minimum Gasteiger partial charge on any atom is -0.332 e. The number of nitrogens with zero attached hydrogens (tertiary/aromatic N) is 4. The normalized spacial score (nSPS) is 10.8. The van der Waals surface area contributed by atoms with E-state index in [9.17, 15) is 4.79 Å². The van der Waals surface area contributed by atoms with Gasteiger partial charge in [-0.1, -0.05) is 47.1 Å². The fourth-order valence-corrected chi connectivity index (χ4v) is 2.44. The van der Waals surface area contributed by atoms with Crippen LogP contribution >= 0.6 is 11.6 Å². The Labute approximate surface area is 147 Å². The zero-order valence-corrected chi connectivity index (χ0v) is 13.6. The lowest BCUT2D eigenvalue weighted by Gasteiger charge is -2.05. The van der Waals surface area contributed by atoms with Gasteiger partial charge >= 0.3 is 0 Å². The predicted octanol–water partition coefficient (Wildman–Crippen LogP) is 3.60. The average Bonchev–Trinajstić information content (AvgIpc) is 3.14. The summed E-state index contributed by atoms with van der Waals surface area (Å²) in [5.74, 6) is 0.478. The predicted molar refractivity (Wildman–Crippen MR) is 93.6 cm³/mol. The Morgan fingerprint density at radius 3 is 2.48 bits per heavy atom. The highest BCUT2D eigenvalue weighted by Gasteiger charge is 2.15. The summed E-state index contributed by atoms with van der Waals surface area (Å²) in [6.45, 7) is 0. The van der Waals surface area contributed by atoms with Gasteiger partial charge in [0.2, 0.25) is 11.3 Å². The first-order chi connectivity index (χ1) is 12.2. The molecule has 4 aromatic rings. The fourth-order valence-electron chi connectivity index (χ4n) is 2.32. The highest BCUT2D eigenvalue weighted by molar-refractivity contribution is 6.30. The van der Waals surface area contributed by atoms with Crippen LogP contribution in [0.1, 0.15) is 0 Å². The highest BCUT2D eigenvalue weighted by atomic mass is 35.5. The van der Waals surface area contributed by atoms with E-state index in [1.807, 2.05) is 30.3 Å². The van der Waals surface area contributed by atoms with Gasteiger partial charge in [-0.05, 0) is 24.3 Å². The van der Waals surface area contributed by atoms with E-state index in [4.69, 9.17) is 16.1 Å². The van der Waals surface area contributed by atoms with Gasteiger partial charge in [-0.25, -0.2) is 4.68 Å². The van der Waals surface area contributed by atoms with Crippen molar-refractivity contribution in [2.75, 3.05) is 0 Å². The molecule has 0 fully saturated rings. The number of hydrogen-bond donors (Lipinski definition) is 0. The molecule has 2 aromatic carbocycles. The number of benzene rings is 2. The van der Waals surface area contributed by atoms with Gasteiger partial charge < -0.3 is 4.52 Å². The van der Waals surface area contributed by atoms with Gasteiger partial charge in [-0.2, -0.15) is 10.1 Å². The van der Waals surface area contributed by atoms with Crippen molar-refractivity contribution in [3.05, 3.63) is 82.1 Å². The van der Waals surface area contributed by atoms with Crippen LogP contribution in [0, 0.1) is 0 Å². The summed E-state index contributed by atoms with van der Waals surface area (Å²) < 4.78 is 6.79. The number of hydrogen-bond acceptors (Lipinski definition) is 5. The second kappa shape index (κ2) is 6.33. The minimum atomic E-state index is -0.298. The minimum absolute atomic E-state index is 0.0761. The van der Waals surface area contributed by atoms with Crippen molar-refractivity contribution in [3.8, 4) is 28.7 Å². The van der Waals surface area contributed by atoms with Gasteiger partial charge in [0.05, 0.1) is 5.69 Å². The van der Waals surface area contributed by atoms with Crippen LogP contribution in [0.15, 0.2) is 76.2 Å². The topological polar surface area (TPSA) is 73.8 Å². The van der Waals surface area contributed by atoms with Crippen molar-refractivity contribution in [1.29, 1.82) is 0 Å². The number of aromatic nitrogens is 4. The average molecular weight is 351 g/mol. The summed E-state index contributed by atoms with van der Waals surface area (Å²) in [5, 5.41) is 8.86. The number of rotatable bonds is 3. The molecule has 0 spiro atoms. The lowest BCUT2D eigenvalue weighted by molar-refractivity contribution is 0.429. The lowest BCUT2D eigenvalue weighted by atomic mass is 10.2. The summed E-state index contributed by atoms with van der Waals surface area (Å²) in [6.07, 6.45) is 1.57. The van der Waals surface area contributed by atoms with E-state index in [0.29, 0.717) is 10.8 Å². The Hall–Kier alpha value is -3.25. The van der Waals surface area contributed by atoms with Crippen molar-refractivity contribution in [2.45, 2.75) is 0 Å². The summed E-state index contributed by atoms with van der Waals surface area (Å²) >= 11 is 5.90. The molecule has 6 nitrogen and oxygen atoms in total. The van der Waals surface area contributed by atoms with Crippen molar-refractivity contribution >= 4 is 11.6 Å². The molecular formula is C18H11ClN4O2. The molecule has 2 aromatic heterocycles. The summed E-state index contributed by atoms with van der Waals surface area (Å²) in [4.78, 5) is 16.5. The van der Waals surface area contributed by atoms with Crippen molar-refractivity contribution in [1.82, 2.24) is 19.9 Å². The lowest BCUT2D eigenvalue weighted by Crippen LogP contribution is -2.12. The van der Waals surface area contributed by atoms with Crippen LogP contribution in [0.4, 0.5) is 0 Å². The van der Waals surface area contributed by atoms with Crippen molar-refractivity contribution in [3.63, 3.8) is 0 Å². The standard InChI is InChI=1S/C18H11ClN4O2/c19-13-6-8-14(9-7-13)23-11-10-15(24)16(21-23)18-20-17(22-25-18)12-4-2-1-3-5-12/h1-11H. The molecule has 0 saturated heterocycles. The maximum absolute atomic E-state index is 12.2. The maximum atomic E-state index is 12.2. The van der Waals surface area contributed by atoms with Gasteiger partial charge in [0.15, 0.2) is 5.69 Å². The summed E-state index contributed by atoms with van der Waals surface area (Å²) in [6, 6.07) is 17.9. The van der Waals surface area contributed by atoms with E-state index in [-0.39, 0.29) is 17.0 Å². The summed E-state index contributed by atoms with van der Waals surface area (Å²) in [5.41, 5.74) is 1.35. The van der Waals surface area contributed by atoms with Gasteiger partial charge in [0.25, 0.3) is 5.89 Å². The Kier molecular flexibility index (Phi) is 3.87. The van der Waals surface area contributed by atoms with E-state index < -0.39 is 0 Å². The molecular weight excluding hydrogens is 340 g/mol. The van der Waals surface area contributed by atoms with Crippen LogP contribution in [0.3, 0.4) is 0 Å². The van der Waals surface area contributed by atoms with E-state index >= 15 is 0 Å². The first kappa shape index (κ1) is 15.3. The molecule has 0 bridgehead atoms. The monoisotopic (exact) mass is 350 g/mol. The molecule has 2 heterocycles. The van der Waals surface area contributed by atoms with Crippen LogP contribution in [0.25, 0.3) is 28.7 Å². The molecule has 0 saturated carbocycles. The van der Waals surface area contributed by atoms with Crippen LogP contribution in [-0.4, -0.2) is 19.9 Å². The highest BCUT2D eigenvalue weighted by Crippen LogP contribution is 2.19. The van der Waals surface area contributed by atoms with Gasteiger partial charge in [-0.3, -0.25) is 4.79 Å². The third kappa shape index (κ3) is 3.07. The third-order valence-corrected chi connectivity index (χ3v) is 3.81. The second-order valence-electron chi connectivity index (χ2n) is 5.24. The van der Waals surface area contributed by atoms with E-state index in [1.54, 1.807) is 35.1 Å². The Balaban J connectivity index is 1.76. The Morgan fingerprint density at radius 1 is 0.960 bits per heavy atom. The zero-order valence-electron chi connectivity index (χ0n) is 12.8. The summed E-state index contributed by atoms with van der Waals surface area (Å²) in [7, 11) is 0. The van der Waals surface area contributed by atoms with Crippen LogP contribution in [0.5, 0.6) is 0 Å². The molecule has 25 heavy (non-hydrogen) atoms. The van der Waals surface area contributed by atoms with Gasteiger partial charge in [0, 0.05) is 22.8 Å². The largest absolute Gasteiger partial charge is 0.332 e. The Morgan fingerprint density at radius 2 is 1.72 bits per heavy atom. The molecule has 0 aliphatic rings. The SMILES string of the molecule is O=c1ccn(-c2ccc(Cl)cc2)nc1-c1nc(-c2ccccc2)no1. The van der Waals surface area contributed by atoms with Crippen LogP contribution in [0.2, 0.25) is 5.02 Å². The van der Waals surface area contributed by atoms with E-state index in [0.717, 1.165) is 11.3 Å². The Bertz CT molecular complexity index is 1070. The van der Waals surface area contributed by atoms with Crippen LogP contribution in [-0.2, 0) is 0 Å². The molecule has 0 amide bonds. The fraction of sp³-hybridized carbons (Fsp3) is 0. The van der Waals surface area contributed by atoms with Gasteiger partial charge in [-0.15, -0.1) is 0 Å². The molecule has 7 heteroatoms. The van der Waals surface area contributed by atoms with Crippen molar-refractivity contribution in [2.24, 2.45) is 0 Å². The first-order valence-electron chi connectivity index (χ1n) is 7.46.